The van der Waals surface area contributed by atoms with E-state index in [1.807, 2.05) is 0 Å². The Kier molecular flexibility index (Phi) is 6.80. The summed E-state index contributed by atoms with van der Waals surface area (Å²) in [5, 5.41) is 2.93. The number of benzene rings is 2. The van der Waals surface area contributed by atoms with Gasteiger partial charge in [-0.25, -0.2) is 0 Å². The Morgan fingerprint density at radius 1 is 1.06 bits per heavy atom. The van der Waals surface area contributed by atoms with Crippen molar-refractivity contribution in [3.8, 4) is 11.5 Å². The molecule has 1 atom stereocenters. The van der Waals surface area contributed by atoms with Gasteiger partial charge in [-0.3, -0.25) is 24.2 Å². The van der Waals surface area contributed by atoms with Gasteiger partial charge >= 0.3 is 0 Å². The fourth-order valence-electron chi connectivity index (χ4n) is 5.15. The molecule has 1 fully saturated rings. The van der Waals surface area contributed by atoms with Crippen molar-refractivity contribution in [1.29, 1.82) is 0 Å². The Morgan fingerprint density at radius 2 is 1.83 bits per heavy atom. The third kappa shape index (κ3) is 4.16. The van der Waals surface area contributed by atoms with Crippen molar-refractivity contribution < 1.29 is 28.6 Å². The standard InChI is InChI=1S/C26H30N4O6/c1-34-20-9-8-18-22(23(20)35-2)26(33)30-19-7-4-3-6-17(19)25(32)29(24(18)30)16-21(31)27-10-5-11-28-12-14-36-15-13-28/h3-4,6-9,24H,5,10-16H2,1-2H3,(H,27,31). The number of carbonyl (C=O) groups excluding carboxylic acids is 3. The van der Waals surface area contributed by atoms with E-state index in [0.717, 1.165) is 39.3 Å². The lowest BCUT2D eigenvalue weighted by Crippen LogP contribution is -2.51. The normalized spacial score (nSPS) is 19.0. The zero-order chi connectivity index (χ0) is 25.2. The Hall–Kier alpha value is -3.63. The molecule has 190 valence electrons. The van der Waals surface area contributed by atoms with Crippen molar-refractivity contribution in [2.45, 2.75) is 12.6 Å². The van der Waals surface area contributed by atoms with Gasteiger partial charge in [0.1, 0.15) is 12.7 Å². The van der Waals surface area contributed by atoms with Gasteiger partial charge in [0.05, 0.1) is 44.2 Å². The van der Waals surface area contributed by atoms with Crippen LogP contribution >= 0.6 is 0 Å². The summed E-state index contributed by atoms with van der Waals surface area (Å²) < 4.78 is 16.3. The Balaban J connectivity index is 1.39. The van der Waals surface area contributed by atoms with Crippen LogP contribution in [-0.4, -0.2) is 87.7 Å². The van der Waals surface area contributed by atoms with Gasteiger partial charge in [0.25, 0.3) is 11.8 Å². The van der Waals surface area contributed by atoms with Gasteiger partial charge < -0.3 is 24.4 Å². The molecule has 1 unspecified atom stereocenters. The van der Waals surface area contributed by atoms with E-state index >= 15 is 0 Å². The number of ether oxygens (including phenoxy) is 3. The first kappa shape index (κ1) is 24.1. The van der Waals surface area contributed by atoms with Gasteiger partial charge in [-0.2, -0.15) is 0 Å². The van der Waals surface area contributed by atoms with E-state index in [9.17, 15) is 14.4 Å². The highest BCUT2D eigenvalue weighted by molar-refractivity contribution is 6.18. The minimum Gasteiger partial charge on any atom is -0.493 e. The van der Waals surface area contributed by atoms with Crippen LogP contribution in [0.25, 0.3) is 0 Å². The molecule has 2 aromatic carbocycles. The van der Waals surface area contributed by atoms with Crippen molar-refractivity contribution in [3.05, 3.63) is 53.1 Å². The minimum atomic E-state index is -0.756. The topological polar surface area (TPSA) is 101 Å². The fraction of sp³-hybridized carbons (Fsp3) is 0.423. The van der Waals surface area contributed by atoms with E-state index in [0.29, 0.717) is 40.4 Å². The maximum Gasteiger partial charge on any atom is 0.264 e. The molecule has 0 aromatic heterocycles. The molecule has 1 N–H and O–H groups in total. The second-order valence-corrected chi connectivity index (χ2v) is 8.92. The fourth-order valence-corrected chi connectivity index (χ4v) is 5.15. The van der Waals surface area contributed by atoms with E-state index in [1.54, 1.807) is 41.3 Å². The van der Waals surface area contributed by atoms with Crippen LogP contribution < -0.4 is 19.7 Å². The van der Waals surface area contributed by atoms with Crippen molar-refractivity contribution in [3.63, 3.8) is 0 Å². The number of methoxy groups -OCH3 is 2. The molecule has 10 heteroatoms. The maximum absolute atomic E-state index is 13.7. The van der Waals surface area contributed by atoms with Crippen molar-refractivity contribution in [2.24, 2.45) is 0 Å². The van der Waals surface area contributed by atoms with Gasteiger partial charge in [0, 0.05) is 25.2 Å². The van der Waals surface area contributed by atoms with E-state index in [-0.39, 0.29) is 24.3 Å². The lowest BCUT2D eigenvalue weighted by atomic mass is 10.0. The van der Waals surface area contributed by atoms with Gasteiger partial charge in [0.2, 0.25) is 5.91 Å². The number of rotatable bonds is 8. The van der Waals surface area contributed by atoms with Crippen molar-refractivity contribution in [2.75, 3.05) is 65.1 Å². The summed E-state index contributed by atoms with van der Waals surface area (Å²) in [7, 11) is 2.98. The van der Waals surface area contributed by atoms with Crippen LogP contribution in [0.3, 0.4) is 0 Å². The molecule has 3 heterocycles. The van der Waals surface area contributed by atoms with Crippen LogP contribution in [0.1, 0.15) is 38.9 Å². The highest BCUT2D eigenvalue weighted by Gasteiger charge is 2.50. The van der Waals surface area contributed by atoms with E-state index in [1.165, 1.54) is 19.1 Å². The number of anilines is 1. The third-order valence-corrected chi connectivity index (χ3v) is 6.87. The monoisotopic (exact) mass is 494 g/mol. The number of hydrogen-bond donors (Lipinski definition) is 1. The molecule has 5 rings (SSSR count). The lowest BCUT2D eigenvalue weighted by molar-refractivity contribution is -0.122. The predicted octanol–water partition coefficient (Wildman–Crippen LogP) is 1.66. The molecule has 0 saturated carbocycles. The van der Waals surface area contributed by atoms with Crippen molar-refractivity contribution in [1.82, 2.24) is 15.1 Å². The van der Waals surface area contributed by atoms with Crippen molar-refractivity contribution >= 4 is 23.4 Å². The molecular formula is C26H30N4O6. The minimum absolute atomic E-state index is 0.174. The van der Waals surface area contributed by atoms with Crippen LogP contribution in [0.5, 0.6) is 11.5 Å². The highest BCUT2D eigenvalue weighted by atomic mass is 16.5. The second kappa shape index (κ2) is 10.2. The summed E-state index contributed by atoms with van der Waals surface area (Å²) >= 11 is 0. The Morgan fingerprint density at radius 3 is 2.58 bits per heavy atom. The average molecular weight is 495 g/mol. The largest absolute Gasteiger partial charge is 0.493 e. The zero-order valence-corrected chi connectivity index (χ0v) is 20.5. The van der Waals surface area contributed by atoms with Gasteiger partial charge in [-0.15, -0.1) is 0 Å². The molecule has 0 radical (unpaired) electrons. The van der Waals surface area contributed by atoms with Gasteiger partial charge in [0.15, 0.2) is 11.5 Å². The number of carbonyl (C=O) groups is 3. The average Bonchev–Trinajstić information content (AvgIpc) is 3.21. The summed E-state index contributed by atoms with van der Waals surface area (Å²) in [5.74, 6) is -0.140. The van der Waals surface area contributed by atoms with Crippen LogP contribution in [0.2, 0.25) is 0 Å². The van der Waals surface area contributed by atoms with Gasteiger partial charge in [-0.05, 0) is 31.2 Å². The first-order chi connectivity index (χ1) is 17.5. The third-order valence-electron chi connectivity index (χ3n) is 6.87. The summed E-state index contributed by atoms with van der Waals surface area (Å²) in [6.45, 7) is 4.47. The molecule has 1 saturated heterocycles. The SMILES string of the molecule is COc1ccc2c(c1OC)C(=O)N1c3ccccc3C(=O)N(CC(=O)NCCCN3CCOCC3)C21. The maximum atomic E-state index is 13.7. The van der Waals surface area contributed by atoms with Crippen LogP contribution in [0.4, 0.5) is 5.69 Å². The van der Waals surface area contributed by atoms with E-state index in [2.05, 4.69) is 10.2 Å². The molecule has 36 heavy (non-hydrogen) atoms. The molecule has 3 aliphatic rings. The second-order valence-electron chi connectivity index (χ2n) is 8.92. The molecule has 2 aromatic rings. The summed E-state index contributed by atoms with van der Waals surface area (Å²) in [4.78, 5) is 45.5. The number of para-hydroxylation sites is 1. The molecular weight excluding hydrogens is 464 g/mol. The first-order valence-electron chi connectivity index (χ1n) is 12.1. The van der Waals surface area contributed by atoms with E-state index in [4.69, 9.17) is 14.2 Å². The summed E-state index contributed by atoms with van der Waals surface area (Å²) in [6, 6.07) is 10.4. The summed E-state index contributed by atoms with van der Waals surface area (Å²) in [6.07, 6.45) is 0.0462. The highest BCUT2D eigenvalue weighted by Crippen LogP contribution is 2.49. The number of amides is 3. The number of nitrogens with one attached hydrogen (secondary N) is 1. The number of morpholine rings is 1. The Labute approximate surface area is 209 Å². The molecule has 3 amide bonds. The smallest absolute Gasteiger partial charge is 0.264 e. The van der Waals surface area contributed by atoms with Crippen LogP contribution in [-0.2, 0) is 9.53 Å². The molecule has 10 nitrogen and oxygen atoms in total. The first-order valence-corrected chi connectivity index (χ1v) is 12.1. The molecule has 0 bridgehead atoms. The Bertz CT molecular complexity index is 1180. The molecule has 0 aliphatic carbocycles. The quantitative estimate of drug-likeness (QED) is 0.557. The number of fused-ring (bicyclic) bond motifs is 5. The number of hydrogen-bond acceptors (Lipinski definition) is 7. The molecule has 3 aliphatic heterocycles. The zero-order valence-electron chi connectivity index (χ0n) is 20.5. The summed E-state index contributed by atoms with van der Waals surface area (Å²) in [5.41, 5.74) is 1.82. The molecule has 0 spiro atoms. The van der Waals surface area contributed by atoms with Gasteiger partial charge in [-0.1, -0.05) is 18.2 Å². The van der Waals surface area contributed by atoms with Crippen LogP contribution in [0.15, 0.2) is 36.4 Å². The lowest BCUT2D eigenvalue weighted by Gasteiger charge is -2.40. The number of nitrogens with zero attached hydrogens (tertiary/aromatic N) is 3. The van der Waals surface area contributed by atoms with E-state index < -0.39 is 6.17 Å². The predicted molar refractivity (Wildman–Crippen MR) is 131 cm³/mol. The van der Waals surface area contributed by atoms with Crippen LogP contribution in [0, 0.1) is 0 Å².